The average molecular weight is 265 g/mol. The van der Waals surface area contributed by atoms with Crippen molar-refractivity contribution in [1.82, 2.24) is 5.32 Å². The molecule has 0 heterocycles. The number of nitrogens with one attached hydrogen (secondary N) is 1. The fraction of sp³-hybridized carbons (Fsp3) is 0.625. The molecule has 0 fully saturated rings. The molecule has 19 heavy (non-hydrogen) atoms. The third-order valence-electron chi connectivity index (χ3n) is 3.69. The van der Waals surface area contributed by atoms with Crippen molar-refractivity contribution in [3.8, 4) is 11.5 Å². The van der Waals surface area contributed by atoms with Gasteiger partial charge in [-0.25, -0.2) is 0 Å². The molecule has 0 saturated heterocycles. The van der Waals surface area contributed by atoms with Gasteiger partial charge in [0.1, 0.15) is 11.5 Å². The molecule has 0 aromatic heterocycles. The molecule has 3 nitrogen and oxygen atoms in total. The third-order valence-corrected chi connectivity index (χ3v) is 3.69. The van der Waals surface area contributed by atoms with Crippen LogP contribution in [0.15, 0.2) is 18.2 Å². The number of hydrogen-bond donors (Lipinski definition) is 2. The SMILES string of the molecule is COc1ccc(O)c(CNCC(C(C)C)C(C)C)c1. The molecule has 0 radical (unpaired) electrons. The lowest BCUT2D eigenvalue weighted by Crippen LogP contribution is -2.29. The van der Waals surface area contributed by atoms with E-state index in [2.05, 4.69) is 33.0 Å². The third kappa shape index (κ3) is 4.75. The van der Waals surface area contributed by atoms with Gasteiger partial charge in [-0.2, -0.15) is 0 Å². The number of methoxy groups -OCH3 is 1. The van der Waals surface area contributed by atoms with Gasteiger partial charge in [-0.15, -0.1) is 0 Å². The van der Waals surface area contributed by atoms with E-state index in [9.17, 15) is 5.11 Å². The topological polar surface area (TPSA) is 41.5 Å². The van der Waals surface area contributed by atoms with Crippen LogP contribution in [0.2, 0.25) is 0 Å². The van der Waals surface area contributed by atoms with E-state index in [0.29, 0.717) is 30.0 Å². The Kier molecular flexibility index (Phi) is 6.16. The van der Waals surface area contributed by atoms with Crippen molar-refractivity contribution in [2.24, 2.45) is 17.8 Å². The maximum absolute atomic E-state index is 9.82. The predicted octanol–water partition coefficient (Wildman–Crippen LogP) is 3.42. The summed E-state index contributed by atoms with van der Waals surface area (Å²) < 4.78 is 5.17. The molecule has 0 atom stereocenters. The summed E-state index contributed by atoms with van der Waals surface area (Å²) in [5, 5.41) is 13.3. The molecule has 0 aliphatic carbocycles. The van der Waals surface area contributed by atoms with E-state index >= 15 is 0 Å². The highest BCUT2D eigenvalue weighted by atomic mass is 16.5. The van der Waals surface area contributed by atoms with Crippen LogP contribution >= 0.6 is 0 Å². The zero-order valence-corrected chi connectivity index (χ0v) is 12.7. The van der Waals surface area contributed by atoms with Crippen LogP contribution in [0.3, 0.4) is 0 Å². The quantitative estimate of drug-likeness (QED) is 0.793. The monoisotopic (exact) mass is 265 g/mol. The molecule has 0 spiro atoms. The highest BCUT2D eigenvalue weighted by Crippen LogP contribution is 2.23. The molecular weight excluding hydrogens is 238 g/mol. The molecule has 0 aliphatic heterocycles. The predicted molar refractivity (Wildman–Crippen MR) is 79.5 cm³/mol. The van der Waals surface area contributed by atoms with Gasteiger partial charge in [-0.3, -0.25) is 0 Å². The first kappa shape index (κ1) is 15.8. The Bertz CT molecular complexity index is 380. The number of hydrogen-bond acceptors (Lipinski definition) is 3. The molecule has 0 amide bonds. The van der Waals surface area contributed by atoms with E-state index in [1.807, 2.05) is 6.07 Å². The summed E-state index contributed by atoms with van der Waals surface area (Å²) >= 11 is 0. The number of phenols is 1. The summed E-state index contributed by atoms with van der Waals surface area (Å²) in [7, 11) is 1.64. The smallest absolute Gasteiger partial charge is 0.120 e. The van der Waals surface area contributed by atoms with Crippen LogP contribution in [0, 0.1) is 17.8 Å². The molecular formula is C16H27NO2. The standard InChI is InChI=1S/C16H27NO2/c1-11(2)15(12(3)4)10-17-9-13-8-14(19-5)6-7-16(13)18/h6-8,11-12,15,17-18H,9-10H2,1-5H3. The zero-order chi connectivity index (χ0) is 14.4. The molecule has 1 aromatic carbocycles. The van der Waals surface area contributed by atoms with Crippen molar-refractivity contribution in [1.29, 1.82) is 0 Å². The Labute approximate surface area is 117 Å². The van der Waals surface area contributed by atoms with Crippen LogP contribution in [-0.2, 0) is 6.54 Å². The van der Waals surface area contributed by atoms with Crippen LogP contribution in [0.1, 0.15) is 33.3 Å². The van der Waals surface area contributed by atoms with Crippen LogP contribution < -0.4 is 10.1 Å². The van der Waals surface area contributed by atoms with E-state index < -0.39 is 0 Å². The van der Waals surface area contributed by atoms with Crippen molar-refractivity contribution < 1.29 is 9.84 Å². The minimum atomic E-state index is 0.318. The van der Waals surface area contributed by atoms with Gasteiger partial charge >= 0.3 is 0 Å². The molecule has 0 bridgehead atoms. The Morgan fingerprint density at radius 2 is 1.79 bits per heavy atom. The molecule has 108 valence electrons. The van der Waals surface area contributed by atoms with E-state index in [1.165, 1.54) is 0 Å². The number of rotatable bonds is 7. The van der Waals surface area contributed by atoms with Gasteiger partial charge in [0.15, 0.2) is 0 Å². The second-order valence-electron chi connectivity index (χ2n) is 5.78. The van der Waals surface area contributed by atoms with Gasteiger partial charge in [0.2, 0.25) is 0 Å². The molecule has 0 aliphatic rings. The Balaban J connectivity index is 2.57. The minimum absolute atomic E-state index is 0.318. The number of benzene rings is 1. The average Bonchev–Trinajstić information content (AvgIpc) is 2.35. The summed E-state index contributed by atoms with van der Waals surface area (Å²) in [5.41, 5.74) is 0.880. The minimum Gasteiger partial charge on any atom is -0.508 e. The second kappa shape index (κ2) is 7.39. The Morgan fingerprint density at radius 3 is 2.32 bits per heavy atom. The zero-order valence-electron chi connectivity index (χ0n) is 12.7. The highest BCUT2D eigenvalue weighted by Gasteiger charge is 2.16. The molecule has 0 saturated carbocycles. The van der Waals surface area contributed by atoms with E-state index in [0.717, 1.165) is 17.9 Å². The molecule has 1 rings (SSSR count). The van der Waals surface area contributed by atoms with Gasteiger partial charge in [-0.05, 0) is 42.5 Å². The Hall–Kier alpha value is -1.22. The lowest BCUT2D eigenvalue weighted by Gasteiger charge is -2.25. The molecule has 1 aromatic rings. The lowest BCUT2D eigenvalue weighted by atomic mass is 9.85. The van der Waals surface area contributed by atoms with Gasteiger partial charge in [0.25, 0.3) is 0 Å². The summed E-state index contributed by atoms with van der Waals surface area (Å²) in [4.78, 5) is 0. The van der Waals surface area contributed by atoms with Crippen molar-refractivity contribution in [3.05, 3.63) is 23.8 Å². The van der Waals surface area contributed by atoms with E-state index in [4.69, 9.17) is 4.74 Å². The second-order valence-corrected chi connectivity index (χ2v) is 5.78. The fourth-order valence-electron chi connectivity index (χ4n) is 2.45. The van der Waals surface area contributed by atoms with Gasteiger partial charge in [0.05, 0.1) is 7.11 Å². The summed E-state index contributed by atoms with van der Waals surface area (Å²) in [6.07, 6.45) is 0. The number of phenolic OH excluding ortho intramolecular Hbond substituents is 1. The highest BCUT2D eigenvalue weighted by molar-refractivity contribution is 5.39. The van der Waals surface area contributed by atoms with Gasteiger partial charge in [0, 0.05) is 12.1 Å². The van der Waals surface area contributed by atoms with Gasteiger partial charge in [-0.1, -0.05) is 27.7 Å². The van der Waals surface area contributed by atoms with Gasteiger partial charge < -0.3 is 15.2 Å². The van der Waals surface area contributed by atoms with Crippen LogP contribution in [-0.4, -0.2) is 18.8 Å². The normalized spacial score (nSPS) is 11.6. The number of aromatic hydroxyl groups is 1. The summed E-state index contributed by atoms with van der Waals surface area (Å²) in [6, 6.07) is 5.32. The van der Waals surface area contributed by atoms with Crippen LogP contribution in [0.4, 0.5) is 0 Å². The van der Waals surface area contributed by atoms with E-state index in [1.54, 1.807) is 19.2 Å². The van der Waals surface area contributed by atoms with E-state index in [-0.39, 0.29) is 0 Å². The van der Waals surface area contributed by atoms with Crippen LogP contribution in [0.25, 0.3) is 0 Å². The fourth-order valence-corrected chi connectivity index (χ4v) is 2.45. The van der Waals surface area contributed by atoms with Crippen molar-refractivity contribution in [3.63, 3.8) is 0 Å². The van der Waals surface area contributed by atoms with Crippen molar-refractivity contribution >= 4 is 0 Å². The molecule has 0 unspecified atom stereocenters. The first-order chi connectivity index (χ1) is 8.95. The van der Waals surface area contributed by atoms with Crippen LogP contribution in [0.5, 0.6) is 11.5 Å². The molecule has 2 N–H and O–H groups in total. The Morgan fingerprint density at radius 1 is 1.16 bits per heavy atom. The van der Waals surface area contributed by atoms with Crippen molar-refractivity contribution in [2.45, 2.75) is 34.2 Å². The largest absolute Gasteiger partial charge is 0.508 e. The molecule has 3 heteroatoms. The number of ether oxygens (including phenoxy) is 1. The maximum atomic E-state index is 9.82. The maximum Gasteiger partial charge on any atom is 0.120 e. The lowest BCUT2D eigenvalue weighted by molar-refractivity contribution is 0.275. The summed E-state index contributed by atoms with van der Waals surface area (Å²) in [5.74, 6) is 3.06. The summed E-state index contributed by atoms with van der Waals surface area (Å²) in [6.45, 7) is 10.7. The first-order valence-corrected chi connectivity index (χ1v) is 7.02. The first-order valence-electron chi connectivity index (χ1n) is 7.02. The van der Waals surface area contributed by atoms with Crippen molar-refractivity contribution in [2.75, 3.05) is 13.7 Å².